The second-order valence-electron chi connectivity index (χ2n) is 7.22. The number of hydrogen-bond acceptors (Lipinski definition) is 6. The highest BCUT2D eigenvalue weighted by Crippen LogP contribution is 2.26. The van der Waals surface area contributed by atoms with Gasteiger partial charge in [-0.25, -0.2) is 14.0 Å². The Morgan fingerprint density at radius 2 is 2.00 bits per heavy atom. The molecule has 160 valence electrons. The minimum absolute atomic E-state index is 0.0949. The van der Waals surface area contributed by atoms with Crippen LogP contribution in [0.2, 0.25) is 0 Å². The fourth-order valence-corrected chi connectivity index (χ4v) is 2.93. The van der Waals surface area contributed by atoms with E-state index in [4.69, 9.17) is 14.2 Å². The van der Waals surface area contributed by atoms with Crippen molar-refractivity contribution in [1.29, 1.82) is 0 Å². The Morgan fingerprint density at radius 3 is 2.59 bits per heavy atom. The van der Waals surface area contributed by atoms with E-state index in [2.05, 4.69) is 0 Å². The molecule has 1 heterocycles. The van der Waals surface area contributed by atoms with Gasteiger partial charge < -0.3 is 19.3 Å². The minimum Gasteiger partial charge on any atom is -0.493 e. The first kappa shape index (κ1) is 22.4. The second kappa shape index (κ2) is 10.1. The number of ether oxygens (including phenoxy) is 3. The van der Waals surface area contributed by atoms with Crippen LogP contribution in [0.1, 0.15) is 33.6 Å². The number of carboxylic acid groups (broad SMARTS) is 1. The van der Waals surface area contributed by atoms with Crippen molar-refractivity contribution in [2.75, 3.05) is 13.2 Å². The second-order valence-corrected chi connectivity index (χ2v) is 7.22. The molecule has 1 amide bonds. The fraction of sp³-hybridized carbons (Fsp3) is 0.550. The third kappa shape index (κ3) is 6.33. The van der Waals surface area contributed by atoms with Crippen molar-refractivity contribution in [3.63, 3.8) is 0 Å². The summed E-state index contributed by atoms with van der Waals surface area (Å²) in [5.41, 5.74) is 0. The van der Waals surface area contributed by atoms with E-state index in [9.17, 15) is 23.9 Å². The molecule has 1 aliphatic heterocycles. The number of hydrogen-bond donors (Lipinski definition) is 1. The molecule has 0 saturated carbocycles. The maximum Gasteiger partial charge on any atom is 0.413 e. The number of rotatable bonds is 8. The van der Waals surface area contributed by atoms with Crippen LogP contribution in [0.5, 0.6) is 5.75 Å². The highest BCUT2D eigenvalue weighted by atomic mass is 19.1. The predicted octanol–water partition coefficient (Wildman–Crippen LogP) is 3.05. The van der Waals surface area contributed by atoms with E-state index in [1.807, 2.05) is 0 Å². The molecule has 1 aliphatic rings. The molecule has 2 rings (SSSR count). The van der Waals surface area contributed by atoms with Crippen molar-refractivity contribution in [3.8, 4) is 5.75 Å². The third-order valence-electron chi connectivity index (χ3n) is 4.49. The summed E-state index contributed by atoms with van der Waals surface area (Å²) in [5, 5.41) is 9.47. The number of halogens is 1. The normalized spacial score (nSPS) is 19.7. The SMILES string of the molecule is CCC(=O)O[C@H](OC(=O)N1C[C@@H](COc2cccc(F)c2)C[C@H]1C(=O)O)C(C)C. The first-order valence-electron chi connectivity index (χ1n) is 9.49. The molecule has 1 saturated heterocycles. The summed E-state index contributed by atoms with van der Waals surface area (Å²) < 4.78 is 29.2. The van der Waals surface area contributed by atoms with Crippen LogP contribution >= 0.6 is 0 Å². The molecule has 1 aromatic rings. The van der Waals surface area contributed by atoms with E-state index in [1.54, 1.807) is 26.8 Å². The first-order valence-corrected chi connectivity index (χ1v) is 9.49. The molecule has 0 unspecified atom stereocenters. The Bertz CT molecular complexity index is 739. The van der Waals surface area contributed by atoms with Crippen LogP contribution in [0.25, 0.3) is 0 Å². The maximum atomic E-state index is 13.2. The van der Waals surface area contributed by atoms with Crippen molar-refractivity contribution < 1.29 is 38.1 Å². The summed E-state index contributed by atoms with van der Waals surface area (Å²) in [5.74, 6) is -2.38. The van der Waals surface area contributed by atoms with Gasteiger partial charge in [-0.3, -0.25) is 9.69 Å². The van der Waals surface area contributed by atoms with Gasteiger partial charge in [0.05, 0.1) is 6.61 Å². The zero-order chi connectivity index (χ0) is 21.6. The zero-order valence-electron chi connectivity index (χ0n) is 16.7. The van der Waals surface area contributed by atoms with E-state index < -0.39 is 36.2 Å². The van der Waals surface area contributed by atoms with Crippen LogP contribution in [-0.2, 0) is 19.1 Å². The molecule has 0 spiro atoms. The number of carbonyl (C=O) groups excluding carboxylic acids is 2. The molecule has 8 nitrogen and oxygen atoms in total. The van der Waals surface area contributed by atoms with Crippen LogP contribution in [-0.4, -0.2) is 53.5 Å². The number of benzene rings is 1. The van der Waals surface area contributed by atoms with Gasteiger partial charge in [0.15, 0.2) is 0 Å². The van der Waals surface area contributed by atoms with Gasteiger partial charge in [0.1, 0.15) is 17.6 Å². The third-order valence-corrected chi connectivity index (χ3v) is 4.49. The van der Waals surface area contributed by atoms with Gasteiger partial charge >= 0.3 is 18.0 Å². The van der Waals surface area contributed by atoms with Crippen molar-refractivity contribution in [1.82, 2.24) is 4.90 Å². The largest absolute Gasteiger partial charge is 0.493 e. The smallest absolute Gasteiger partial charge is 0.413 e. The van der Waals surface area contributed by atoms with E-state index in [0.29, 0.717) is 5.75 Å². The van der Waals surface area contributed by atoms with E-state index >= 15 is 0 Å². The van der Waals surface area contributed by atoms with Crippen LogP contribution < -0.4 is 4.74 Å². The van der Waals surface area contributed by atoms with Crippen LogP contribution in [0, 0.1) is 17.7 Å². The molecule has 29 heavy (non-hydrogen) atoms. The molecule has 1 fully saturated rings. The molecular weight excluding hydrogens is 385 g/mol. The summed E-state index contributed by atoms with van der Waals surface area (Å²) >= 11 is 0. The number of likely N-dealkylation sites (tertiary alicyclic amines) is 1. The number of esters is 1. The average Bonchev–Trinajstić information content (AvgIpc) is 3.10. The van der Waals surface area contributed by atoms with Gasteiger partial charge in [0.25, 0.3) is 6.29 Å². The quantitative estimate of drug-likeness (QED) is 0.518. The summed E-state index contributed by atoms with van der Waals surface area (Å²) in [4.78, 5) is 36.8. The Balaban J connectivity index is 2.00. The molecule has 0 aliphatic carbocycles. The van der Waals surface area contributed by atoms with E-state index in [-0.39, 0.29) is 37.8 Å². The summed E-state index contributed by atoms with van der Waals surface area (Å²) in [6, 6.07) is 4.53. The summed E-state index contributed by atoms with van der Waals surface area (Å²) in [6.07, 6.45) is -1.68. The molecule has 3 atom stereocenters. The molecule has 9 heteroatoms. The lowest BCUT2D eigenvalue weighted by Gasteiger charge is -2.26. The van der Waals surface area contributed by atoms with Crippen LogP contribution in [0.3, 0.4) is 0 Å². The van der Waals surface area contributed by atoms with Crippen LogP contribution in [0.4, 0.5) is 9.18 Å². The number of carboxylic acids is 1. The molecule has 0 bridgehead atoms. The lowest BCUT2D eigenvalue weighted by molar-refractivity contribution is -0.177. The number of aliphatic carboxylic acids is 1. The Labute approximate surface area is 168 Å². The lowest BCUT2D eigenvalue weighted by Crippen LogP contribution is -2.43. The van der Waals surface area contributed by atoms with Gasteiger partial charge in [0.2, 0.25) is 0 Å². The van der Waals surface area contributed by atoms with Crippen LogP contribution in [0.15, 0.2) is 24.3 Å². The summed E-state index contributed by atoms with van der Waals surface area (Å²) in [7, 11) is 0. The van der Waals surface area contributed by atoms with E-state index in [1.165, 1.54) is 18.2 Å². The molecule has 1 N–H and O–H groups in total. The lowest BCUT2D eigenvalue weighted by atomic mass is 10.1. The van der Waals surface area contributed by atoms with E-state index in [0.717, 1.165) is 4.90 Å². The number of amides is 1. The Morgan fingerprint density at radius 1 is 1.28 bits per heavy atom. The first-order chi connectivity index (χ1) is 13.7. The molecular formula is C20H26FNO7. The minimum atomic E-state index is -1.16. The monoisotopic (exact) mass is 411 g/mol. The van der Waals surface area contributed by atoms with Gasteiger partial charge in [-0.2, -0.15) is 0 Å². The molecule has 1 aromatic carbocycles. The van der Waals surface area contributed by atoms with Crippen molar-refractivity contribution in [2.45, 2.75) is 45.9 Å². The predicted molar refractivity (Wildman–Crippen MR) is 99.6 cm³/mol. The molecule has 0 radical (unpaired) electrons. The maximum absolute atomic E-state index is 13.2. The van der Waals surface area contributed by atoms with Crippen molar-refractivity contribution in [2.24, 2.45) is 11.8 Å². The van der Waals surface area contributed by atoms with Gasteiger partial charge in [-0.05, 0) is 18.6 Å². The van der Waals surface area contributed by atoms with Gasteiger partial charge in [-0.15, -0.1) is 0 Å². The Kier molecular flexibility index (Phi) is 7.81. The van der Waals surface area contributed by atoms with Crippen molar-refractivity contribution >= 4 is 18.0 Å². The van der Waals surface area contributed by atoms with Crippen molar-refractivity contribution in [3.05, 3.63) is 30.1 Å². The highest BCUT2D eigenvalue weighted by molar-refractivity contribution is 5.81. The highest BCUT2D eigenvalue weighted by Gasteiger charge is 2.42. The van der Waals surface area contributed by atoms with Gasteiger partial charge in [0, 0.05) is 30.9 Å². The number of nitrogens with zero attached hydrogens (tertiary/aromatic N) is 1. The van der Waals surface area contributed by atoms with Gasteiger partial charge in [-0.1, -0.05) is 26.8 Å². The summed E-state index contributed by atoms with van der Waals surface area (Å²) in [6.45, 7) is 5.27. The Hall–Kier alpha value is -2.84. The molecule has 0 aromatic heterocycles. The number of carbonyl (C=O) groups is 3. The standard InChI is InChI=1S/C20H26FNO7/c1-4-17(23)28-19(12(2)3)29-20(26)22-10-13(8-16(22)18(24)25)11-27-15-7-5-6-14(21)9-15/h5-7,9,12-13,16,19H,4,8,10-11H2,1-3H3,(H,24,25)/t13-,16-,19+/m0/s1. The topological polar surface area (TPSA) is 102 Å². The zero-order valence-corrected chi connectivity index (χ0v) is 16.7. The fourth-order valence-electron chi connectivity index (χ4n) is 2.93. The average molecular weight is 411 g/mol.